The summed E-state index contributed by atoms with van der Waals surface area (Å²) in [5.74, 6) is 0.838. The Morgan fingerprint density at radius 1 is 1.29 bits per heavy atom. The van der Waals surface area contributed by atoms with Crippen molar-refractivity contribution in [2.75, 3.05) is 26.7 Å². The molecule has 2 N–H and O–H groups in total. The number of carbonyl (C=O) groups is 1. The zero-order chi connectivity index (χ0) is 16.1. The first-order valence-electron chi connectivity index (χ1n) is 8.25. The molecule has 0 unspecified atom stereocenters. The van der Waals surface area contributed by atoms with Crippen molar-refractivity contribution in [3.63, 3.8) is 0 Å². The molecule has 3 rings (SSSR count). The summed E-state index contributed by atoms with van der Waals surface area (Å²) in [6.07, 6.45) is 5.45. The Morgan fingerprint density at radius 2 is 2.04 bits per heavy atom. The summed E-state index contributed by atoms with van der Waals surface area (Å²) in [4.78, 5) is 18.3. The zero-order valence-corrected chi connectivity index (χ0v) is 16.3. The van der Waals surface area contributed by atoms with E-state index in [9.17, 15) is 4.79 Å². The van der Waals surface area contributed by atoms with Crippen LogP contribution in [0.4, 0.5) is 0 Å². The SMILES string of the molecule is CN=C(NCC(=O)NC1CC1)N1CC=C(c2ccccc2)CC1.I. The van der Waals surface area contributed by atoms with E-state index in [1.165, 1.54) is 11.1 Å². The van der Waals surface area contributed by atoms with E-state index in [4.69, 9.17) is 0 Å². The van der Waals surface area contributed by atoms with Gasteiger partial charge in [-0.3, -0.25) is 9.79 Å². The number of halogens is 1. The van der Waals surface area contributed by atoms with E-state index in [1.54, 1.807) is 7.05 Å². The van der Waals surface area contributed by atoms with Gasteiger partial charge in [-0.15, -0.1) is 24.0 Å². The van der Waals surface area contributed by atoms with Gasteiger partial charge in [0.15, 0.2) is 5.96 Å². The summed E-state index contributed by atoms with van der Waals surface area (Å²) < 4.78 is 0. The van der Waals surface area contributed by atoms with Crippen molar-refractivity contribution in [1.82, 2.24) is 15.5 Å². The molecule has 1 aromatic carbocycles. The molecule has 6 heteroatoms. The van der Waals surface area contributed by atoms with Gasteiger partial charge in [0.05, 0.1) is 6.54 Å². The van der Waals surface area contributed by atoms with Gasteiger partial charge in [0.2, 0.25) is 5.91 Å². The number of carbonyl (C=O) groups excluding carboxylic acids is 1. The third kappa shape index (κ3) is 5.22. The molecule has 1 heterocycles. The Kier molecular flexibility index (Phi) is 7.08. The number of nitrogens with one attached hydrogen (secondary N) is 2. The normalized spacial score (nSPS) is 17.6. The smallest absolute Gasteiger partial charge is 0.239 e. The van der Waals surface area contributed by atoms with E-state index in [1.807, 2.05) is 6.07 Å². The lowest BCUT2D eigenvalue weighted by Crippen LogP contribution is -2.47. The Morgan fingerprint density at radius 3 is 2.62 bits per heavy atom. The van der Waals surface area contributed by atoms with Gasteiger partial charge in [-0.25, -0.2) is 0 Å². The Bertz CT molecular complexity index is 611. The van der Waals surface area contributed by atoms with Gasteiger partial charge in [-0.1, -0.05) is 36.4 Å². The first-order chi connectivity index (χ1) is 11.3. The van der Waals surface area contributed by atoms with Crippen LogP contribution in [-0.4, -0.2) is 49.5 Å². The number of aliphatic imine (C=N–C) groups is 1. The number of hydrogen-bond acceptors (Lipinski definition) is 2. The number of amides is 1. The third-order valence-electron chi connectivity index (χ3n) is 4.21. The van der Waals surface area contributed by atoms with Crippen LogP contribution < -0.4 is 10.6 Å². The molecule has 2 aliphatic rings. The average molecular weight is 440 g/mol. The van der Waals surface area contributed by atoms with E-state index < -0.39 is 0 Å². The number of hydrogen-bond donors (Lipinski definition) is 2. The maximum atomic E-state index is 11.8. The van der Waals surface area contributed by atoms with Crippen molar-refractivity contribution in [1.29, 1.82) is 0 Å². The summed E-state index contributed by atoms with van der Waals surface area (Å²) in [7, 11) is 1.76. The fourth-order valence-corrected chi connectivity index (χ4v) is 2.77. The lowest BCUT2D eigenvalue weighted by Gasteiger charge is -2.29. The van der Waals surface area contributed by atoms with Crippen molar-refractivity contribution < 1.29 is 4.79 Å². The van der Waals surface area contributed by atoms with E-state index >= 15 is 0 Å². The number of rotatable bonds is 4. The first kappa shape index (κ1) is 18.8. The minimum absolute atomic E-state index is 0. The van der Waals surface area contributed by atoms with Crippen molar-refractivity contribution in [2.24, 2.45) is 4.99 Å². The molecule has 0 aromatic heterocycles. The van der Waals surface area contributed by atoms with Crippen LogP contribution >= 0.6 is 24.0 Å². The highest BCUT2D eigenvalue weighted by molar-refractivity contribution is 14.0. The van der Waals surface area contributed by atoms with E-state index in [0.717, 1.165) is 38.3 Å². The molecule has 0 spiro atoms. The van der Waals surface area contributed by atoms with E-state index in [2.05, 4.69) is 50.9 Å². The predicted octanol–water partition coefficient (Wildman–Crippen LogP) is 2.25. The number of benzene rings is 1. The maximum absolute atomic E-state index is 11.8. The molecule has 0 bridgehead atoms. The van der Waals surface area contributed by atoms with E-state index in [0.29, 0.717) is 6.04 Å². The second kappa shape index (κ2) is 9.05. The lowest BCUT2D eigenvalue weighted by molar-refractivity contribution is -0.120. The molecular formula is C18H25IN4O. The number of nitrogens with zero attached hydrogens (tertiary/aromatic N) is 2. The van der Waals surface area contributed by atoms with Gasteiger partial charge in [0, 0.05) is 26.2 Å². The highest BCUT2D eigenvalue weighted by atomic mass is 127. The standard InChI is InChI=1S/C18H24N4O.HI/c1-19-18(20-13-17(23)21-16-7-8-16)22-11-9-15(10-12-22)14-5-3-2-4-6-14;/h2-6,9,16H,7-8,10-13H2,1H3,(H,19,20)(H,21,23);1H. The molecule has 1 amide bonds. The second-order valence-corrected chi connectivity index (χ2v) is 6.03. The van der Waals surface area contributed by atoms with Gasteiger partial charge >= 0.3 is 0 Å². The van der Waals surface area contributed by atoms with Crippen LogP contribution in [-0.2, 0) is 4.79 Å². The monoisotopic (exact) mass is 440 g/mol. The Balaban J connectivity index is 0.00000208. The highest BCUT2D eigenvalue weighted by Gasteiger charge is 2.23. The summed E-state index contributed by atoms with van der Waals surface area (Å²) in [5, 5.41) is 6.14. The van der Waals surface area contributed by atoms with Crippen molar-refractivity contribution in [3.8, 4) is 0 Å². The molecule has 130 valence electrons. The minimum Gasteiger partial charge on any atom is -0.352 e. The second-order valence-electron chi connectivity index (χ2n) is 6.03. The van der Waals surface area contributed by atoms with Crippen LogP contribution in [0.15, 0.2) is 41.4 Å². The average Bonchev–Trinajstić information content (AvgIpc) is 3.41. The van der Waals surface area contributed by atoms with Crippen LogP contribution in [0.2, 0.25) is 0 Å². The summed E-state index contributed by atoms with van der Waals surface area (Å²) in [6, 6.07) is 10.9. The van der Waals surface area contributed by atoms with Crippen LogP contribution in [0.1, 0.15) is 24.8 Å². The van der Waals surface area contributed by atoms with Crippen molar-refractivity contribution in [3.05, 3.63) is 42.0 Å². The van der Waals surface area contributed by atoms with Gasteiger partial charge < -0.3 is 15.5 Å². The minimum atomic E-state index is 0. The zero-order valence-electron chi connectivity index (χ0n) is 14.0. The van der Waals surface area contributed by atoms with Gasteiger partial charge in [0.1, 0.15) is 0 Å². The fraction of sp³-hybridized carbons (Fsp3) is 0.444. The van der Waals surface area contributed by atoms with Crippen molar-refractivity contribution in [2.45, 2.75) is 25.3 Å². The first-order valence-corrected chi connectivity index (χ1v) is 8.25. The summed E-state index contributed by atoms with van der Waals surface area (Å²) >= 11 is 0. The highest BCUT2D eigenvalue weighted by Crippen LogP contribution is 2.22. The molecule has 5 nitrogen and oxygen atoms in total. The molecular weight excluding hydrogens is 415 g/mol. The molecule has 1 aromatic rings. The van der Waals surface area contributed by atoms with Crippen molar-refractivity contribution >= 4 is 41.4 Å². The van der Waals surface area contributed by atoms with Crippen LogP contribution in [0.3, 0.4) is 0 Å². The molecule has 0 radical (unpaired) electrons. The lowest BCUT2D eigenvalue weighted by atomic mass is 10.00. The fourth-order valence-electron chi connectivity index (χ4n) is 2.77. The third-order valence-corrected chi connectivity index (χ3v) is 4.21. The molecule has 1 aliphatic heterocycles. The van der Waals surface area contributed by atoms with Gasteiger partial charge in [-0.2, -0.15) is 0 Å². The predicted molar refractivity (Wildman–Crippen MR) is 109 cm³/mol. The quantitative estimate of drug-likeness (QED) is 0.429. The molecule has 1 aliphatic carbocycles. The van der Waals surface area contributed by atoms with Gasteiger partial charge in [-0.05, 0) is 30.4 Å². The summed E-state index contributed by atoms with van der Waals surface area (Å²) in [6.45, 7) is 2.01. The molecule has 0 saturated heterocycles. The topological polar surface area (TPSA) is 56.7 Å². The summed E-state index contributed by atoms with van der Waals surface area (Å²) in [5.41, 5.74) is 2.67. The van der Waals surface area contributed by atoms with E-state index in [-0.39, 0.29) is 36.4 Å². The Labute approximate surface area is 160 Å². The van der Waals surface area contributed by atoms with Crippen LogP contribution in [0.25, 0.3) is 5.57 Å². The van der Waals surface area contributed by atoms with Gasteiger partial charge in [0.25, 0.3) is 0 Å². The van der Waals surface area contributed by atoms with Crippen LogP contribution in [0, 0.1) is 0 Å². The molecule has 1 saturated carbocycles. The molecule has 24 heavy (non-hydrogen) atoms. The number of guanidine groups is 1. The molecule has 0 atom stereocenters. The van der Waals surface area contributed by atoms with Crippen LogP contribution in [0.5, 0.6) is 0 Å². The molecule has 1 fully saturated rings. The maximum Gasteiger partial charge on any atom is 0.239 e. The Hall–Kier alpha value is -1.57. The largest absolute Gasteiger partial charge is 0.352 e.